The topological polar surface area (TPSA) is 53.6 Å². The Morgan fingerprint density at radius 1 is 1.14 bits per heavy atom. The van der Waals surface area contributed by atoms with Crippen molar-refractivity contribution >= 4 is 29.9 Å². The van der Waals surface area contributed by atoms with E-state index in [1.807, 2.05) is 0 Å². The Kier molecular flexibility index (Phi) is 11.3. The molecule has 21 heavy (non-hydrogen) atoms. The van der Waals surface area contributed by atoms with E-state index in [-0.39, 0.29) is 24.0 Å². The third kappa shape index (κ3) is 7.66. The third-order valence-corrected chi connectivity index (χ3v) is 3.38. The van der Waals surface area contributed by atoms with Crippen molar-refractivity contribution < 1.29 is 0 Å². The van der Waals surface area contributed by atoms with Gasteiger partial charge in [0.15, 0.2) is 5.96 Å². The lowest BCUT2D eigenvalue weighted by molar-refractivity contribution is 0.295. The maximum atomic E-state index is 5.84. The molecule has 0 heterocycles. The van der Waals surface area contributed by atoms with Crippen LogP contribution in [0.4, 0.5) is 0 Å². The summed E-state index contributed by atoms with van der Waals surface area (Å²) in [5.74, 6) is 0.532. The second kappa shape index (κ2) is 11.8. The molecule has 1 aromatic carbocycles. The lowest BCUT2D eigenvalue weighted by Crippen LogP contribution is -2.32. The Morgan fingerprint density at radius 3 is 2.33 bits per heavy atom. The van der Waals surface area contributed by atoms with Gasteiger partial charge in [-0.15, -0.1) is 24.0 Å². The number of nitrogens with two attached hydrogens (primary N) is 1. The SMILES string of the molecule is CCCNC(N)=NCc1ccccc1CN(CC)CC.I. The smallest absolute Gasteiger partial charge is 0.188 e. The van der Waals surface area contributed by atoms with Crippen LogP contribution >= 0.6 is 24.0 Å². The summed E-state index contributed by atoms with van der Waals surface area (Å²) in [6.45, 7) is 11.1. The van der Waals surface area contributed by atoms with Crippen molar-refractivity contribution in [2.45, 2.75) is 40.3 Å². The average molecular weight is 404 g/mol. The molecule has 0 unspecified atom stereocenters. The van der Waals surface area contributed by atoms with E-state index < -0.39 is 0 Å². The van der Waals surface area contributed by atoms with Gasteiger partial charge in [0.2, 0.25) is 0 Å². The average Bonchev–Trinajstić information content (AvgIpc) is 2.49. The standard InChI is InChI=1S/C16H28N4.HI/c1-4-11-18-16(17)19-12-14-9-7-8-10-15(14)13-20(5-2)6-3;/h7-10H,4-6,11-13H2,1-3H3,(H3,17,18,19);1H. The van der Waals surface area contributed by atoms with Gasteiger partial charge in [0.05, 0.1) is 6.54 Å². The minimum absolute atomic E-state index is 0. The molecule has 0 saturated heterocycles. The van der Waals surface area contributed by atoms with Gasteiger partial charge in [-0.1, -0.05) is 45.0 Å². The number of hydrogen-bond donors (Lipinski definition) is 2. The molecule has 0 fully saturated rings. The van der Waals surface area contributed by atoms with E-state index in [9.17, 15) is 0 Å². The lowest BCUT2D eigenvalue weighted by Gasteiger charge is -2.19. The van der Waals surface area contributed by atoms with Crippen molar-refractivity contribution in [3.05, 3.63) is 35.4 Å². The van der Waals surface area contributed by atoms with Crippen LogP contribution in [0.3, 0.4) is 0 Å². The first-order chi connectivity index (χ1) is 9.71. The maximum absolute atomic E-state index is 5.84. The lowest BCUT2D eigenvalue weighted by atomic mass is 10.1. The second-order valence-corrected chi connectivity index (χ2v) is 4.86. The number of guanidine groups is 1. The molecular weight excluding hydrogens is 375 g/mol. The summed E-state index contributed by atoms with van der Waals surface area (Å²) in [4.78, 5) is 6.82. The summed E-state index contributed by atoms with van der Waals surface area (Å²) < 4.78 is 0. The molecule has 3 N–H and O–H groups in total. The molecule has 0 atom stereocenters. The molecule has 120 valence electrons. The number of benzene rings is 1. The summed E-state index contributed by atoms with van der Waals surface area (Å²) in [7, 11) is 0. The van der Waals surface area contributed by atoms with Gasteiger partial charge in [-0.05, 0) is 30.6 Å². The van der Waals surface area contributed by atoms with E-state index in [4.69, 9.17) is 5.73 Å². The molecule has 5 heteroatoms. The molecule has 0 aliphatic rings. The highest BCUT2D eigenvalue weighted by Crippen LogP contribution is 2.12. The summed E-state index contributed by atoms with van der Waals surface area (Å²) in [5, 5.41) is 3.10. The monoisotopic (exact) mass is 404 g/mol. The van der Waals surface area contributed by atoms with Gasteiger partial charge < -0.3 is 11.1 Å². The van der Waals surface area contributed by atoms with Crippen LogP contribution < -0.4 is 11.1 Å². The zero-order valence-corrected chi connectivity index (χ0v) is 15.8. The van der Waals surface area contributed by atoms with Crippen LogP contribution in [0, 0.1) is 0 Å². The molecule has 0 aliphatic carbocycles. The highest BCUT2D eigenvalue weighted by atomic mass is 127. The Bertz CT molecular complexity index is 416. The van der Waals surface area contributed by atoms with Gasteiger partial charge in [0, 0.05) is 13.1 Å². The largest absolute Gasteiger partial charge is 0.370 e. The van der Waals surface area contributed by atoms with Crippen molar-refractivity contribution in [3.8, 4) is 0 Å². The van der Waals surface area contributed by atoms with Crippen molar-refractivity contribution in [3.63, 3.8) is 0 Å². The molecule has 1 rings (SSSR count). The molecule has 4 nitrogen and oxygen atoms in total. The predicted octanol–water partition coefficient (Wildman–Crippen LogP) is 2.96. The molecular formula is C16H29IN4. The number of hydrogen-bond acceptors (Lipinski definition) is 2. The van der Waals surface area contributed by atoms with Crippen LogP contribution in [-0.2, 0) is 13.1 Å². The summed E-state index contributed by atoms with van der Waals surface area (Å²) >= 11 is 0. The third-order valence-electron chi connectivity index (χ3n) is 3.38. The summed E-state index contributed by atoms with van der Waals surface area (Å²) in [5.41, 5.74) is 8.43. The van der Waals surface area contributed by atoms with Crippen molar-refractivity contribution in [1.82, 2.24) is 10.2 Å². The van der Waals surface area contributed by atoms with Crippen LogP contribution in [0.25, 0.3) is 0 Å². The van der Waals surface area contributed by atoms with Crippen molar-refractivity contribution in [2.24, 2.45) is 10.7 Å². The van der Waals surface area contributed by atoms with Gasteiger partial charge >= 0.3 is 0 Å². The Morgan fingerprint density at radius 2 is 1.76 bits per heavy atom. The van der Waals surface area contributed by atoms with Crippen LogP contribution in [0.15, 0.2) is 29.3 Å². The van der Waals surface area contributed by atoms with Crippen LogP contribution in [0.1, 0.15) is 38.3 Å². The normalized spacial score (nSPS) is 11.3. The molecule has 0 radical (unpaired) electrons. The Hall–Kier alpha value is -0.820. The van der Waals surface area contributed by atoms with E-state index >= 15 is 0 Å². The van der Waals surface area contributed by atoms with E-state index in [2.05, 4.69) is 60.2 Å². The maximum Gasteiger partial charge on any atom is 0.188 e. The van der Waals surface area contributed by atoms with Crippen molar-refractivity contribution in [2.75, 3.05) is 19.6 Å². The summed E-state index contributed by atoms with van der Waals surface area (Å²) in [6, 6.07) is 8.46. The fourth-order valence-electron chi connectivity index (χ4n) is 2.03. The predicted molar refractivity (Wildman–Crippen MR) is 102 cm³/mol. The fourth-order valence-corrected chi connectivity index (χ4v) is 2.03. The molecule has 0 saturated carbocycles. The highest BCUT2D eigenvalue weighted by Gasteiger charge is 2.05. The van der Waals surface area contributed by atoms with Gasteiger partial charge in [-0.25, -0.2) is 4.99 Å². The number of halogens is 1. The molecule has 0 bridgehead atoms. The number of rotatable bonds is 8. The van der Waals surface area contributed by atoms with E-state index in [0.717, 1.165) is 32.6 Å². The van der Waals surface area contributed by atoms with Gasteiger partial charge in [-0.3, -0.25) is 4.90 Å². The Labute approximate surface area is 146 Å². The zero-order valence-electron chi connectivity index (χ0n) is 13.4. The van der Waals surface area contributed by atoms with Gasteiger partial charge in [0.1, 0.15) is 0 Å². The van der Waals surface area contributed by atoms with Gasteiger partial charge in [0.25, 0.3) is 0 Å². The first-order valence-corrected chi connectivity index (χ1v) is 7.54. The summed E-state index contributed by atoms with van der Waals surface area (Å²) in [6.07, 6.45) is 1.05. The second-order valence-electron chi connectivity index (χ2n) is 4.86. The molecule has 0 aromatic heterocycles. The molecule has 0 aliphatic heterocycles. The Balaban J connectivity index is 0.00000400. The molecule has 1 aromatic rings. The van der Waals surface area contributed by atoms with E-state index in [0.29, 0.717) is 12.5 Å². The highest BCUT2D eigenvalue weighted by molar-refractivity contribution is 14.0. The zero-order chi connectivity index (χ0) is 14.8. The first kappa shape index (κ1) is 20.2. The van der Waals surface area contributed by atoms with Crippen LogP contribution in [0.2, 0.25) is 0 Å². The minimum atomic E-state index is 0. The van der Waals surface area contributed by atoms with Crippen molar-refractivity contribution in [1.29, 1.82) is 0 Å². The number of nitrogens with one attached hydrogen (secondary N) is 1. The first-order valence-electron chi connectivity index (χ1n) is 7.54. The molecule has 0 amide bonds. The van der Waals surface area contributed by atoms with E-state index in [1.54, 1.807) is 0 Å². The quantitative estimate of drug-likeness (QED) is 0.398. The van der Waals surface area contributed by atoms with Crippen LogP contribution in [-0.4, -0.2) is 30.5 Å². The molecule has 0 spiro atoms. The number of nitrogens with zero attached hydrogens (tertiary/aromatic N) is 2. The fraction of sp³-hybridized carbons (Fsp3) is 0.562. The van der Waals surface area contributed by atoms with E-state index in [1.165, 1.54) is 11.1 Å². The van der Waals surface area contributed by atoms with Gasteiger partial charge in [-0.2, -0.15) is 0 Å². The minimum Gasteiger partial charge on any atom is -0.370 e. The van der Waals surface area contributed by atoms with Crippen LogP contribution in [0.5, 0.6) is 0 Å². The number of aliphatic imine (C=N–C) groups is 1.